The molecule has 1 amide bonds. The Bertz CT molecular complexity index is 709. The molecule has 1 aliphatic rings. The van der Waals surface area contributed by atoms with Gasteiger partial charge in [-0.05, 0) is 49.7 Å². The highest BCUT2D eigenvalue weighted by molar-refractivity contribution is 5.95. The fourth-order valence-electron chi connectivity index (χ4n) is 2.74. The molecule has 1 saturated heterocycles. The van der Waals surface area contributed by atoms with Crippen LogP contribution in [0.1, 0.15) is 22.3 Å². The minimum atomic E-state index is -0.842. The molecule has 2 heterocycles. The quantitative estimate of drug-likeness (QED) is 0.800. The second kappa shape index (κ2) is 6.48. The fraction of sp³-hybridized carbons (Fsp3) is 0.333. The SMILES string of the molecule is Cc1ccnc(-c2cccc(C(=O)NC[C@@]3(O)CCNC3)c2)c1. The van der Waals surface area contributed by atoms with Crippen LogP contribution in [0, 0.1) is 6.92 Å². The topological polar surface area (TPSA) is 74.2 Å². The Balaban J connectivity index is 1.73. The third kappa shape index (κ3) is 3.75. The van der Waals surface area contributed by atoms with Crippen LogP contribution in [-0.4, -0.2) is 41.2 Å². The molecule has 120 valence electrons. The van der Waals surface area contributed by atoms with E-state index in [9.17, 15) is 9.90 Å². The standard InChI is InChI=1S/C18H21N3O2/c1-13-5-7-20-16(9-13)14-3-2-4-15(10-14)17(22)21-12-18(23)6-8-19-11-18/h2-5,7,9-10,19,23H,6,8,11-12H2,1H3,(H,21,22)/t18-/m1/s1. The smallest absolute Gasteiger partial charge is 0.251 e. The van der Waals surface area contributed by atoms with Gasteiger partial charge in [-0.15, -0.1) is 0 Å². The molecule has 0 saturated carbocycles. The molecule has 23 heavy (non-hydrogen) atoms. The molecule has 1 aliphatic heterocycles. The minimum Gasteiger partial charge on any atom is -0.387 e. The van der Waals surface area contributed by atoms with Crippen LogP contribution in [0.4, 0.5) is 0 Å². The van der Waals surface area contributed by atoms with E-state index < -0.39 is 5.60 Å². The number of β-amino-alcohol motifs (C(OH)–C–C–N with tert-alkyl or cyclic N) is 1. The lowest BCUT2D eigenvalue weighted by Crippen LogP contribution is -2.44. The normalized spacial score (nSPS) is 20.4. The first kappa shape index (κ1) is 15.6. The van der Waals surface area contributed by atoms with Crippen molar-refractivity contribution in [3.8, 4) is 11.3 Å². The third-order valence-electron chi connectivity index (χ3n) is 4.14. The van der Waals surface area contributed by atoms with Crippen molar-refractivity contribution in [3.05, 3.63) is 53.7 Å². The number of nitrogens with zero attached hydrogens (tertiary/aromatic N) is 1. The maximum Gasteiger partial charge on any atom is 0.251 e. The van der Waals surface area contributed by atoms with Gasteiger partial charge in [-0.3, -0.25) is 9.78 Å². The Morgan fingerprint density at radius 2 is 2.26 bits per heavy atom. The summed E-state index contributed by atoms with van der Waals surface area (Å²) in [5, 5.41) is 16.2. The van der Waals surface area contributed by atoms with E-state index in [0.717, 1.165) is 23.4 Å². The summed E-state index contributed by atoms with van der Waals surface area (Å²) < 4.78 is 0. The molecule has 1 atom stereocenters. The number of benzene rings is 1. The van der Waals surface area contributed by atoms with Gasteiger partial charge in [0.25, 0.3) is 5.91 Å². The third-order valence-corrected chi connectivity index (χ3v) is 4.14. The molecule has 2 aromatic rings. The van der Waals surface area contributed by atoms with Crippen LogP contribution >= 0.6 is 0 Å². The second-order valence-electron chi connectivity index (χ2n) is 6.13. The number of amides is 1. The molecule has 3 rings (SSSR count). The largest absolute Gasteiger partial charge is 0.387 e. The zero-order valence-corrected chi connectivity index (χ0v) is 13.2. The van der Waals surface area contributed by atoms with Crippen LogP contribution in [0.15, 0.2) is 42.6 Å². The van der Waals surface area contributed by atoms with Crippen molar-refractivity contribution in [2.75, 3.05) is 19.6 Å². The van der Waals surface area contributed by atoms with Crippen LogP contribution in [0.3, 0.4) is 0 Å². The Kier molecular flexibility index (Phi) is 4.41. The first-order valence-electron chi connectivity index (χ1n) is 7.80. The van der Waals surface area contributed by atoms with E-state index >= 15 is 0 Å². The second-order valence-corrected chi connectivity index (χ2v) is 6.13. The summed E-state index contributed by atoms with van der Waals surface area (Å²) in [6.07, 6.45) is 2.42. The van der Waals surface area contributed by atoms with E-state index in [2.05, 4.69) is 15.6 Å². The van der Waals surface area contributed by atoms with E-state index in [4.69, 9.17) is 0 Å². The number of carbonyl (C=O) groups is 1. The zero-order chi connectivity index (χ0) is 16.3. The monoisotopic (exact) mass is 311 g/mol. The molecule has 0 unspecified atom stereocenters. The van der Waals surface area contributed by atoms with Crippen molar-refractivity contribution in [2.24, 2.45) is 0 Å². The number of carbonyl (C=O) groups excluding carboxylic acids is 1. The highest BCUT2D eigenvalue weighted by atomic mass is 16.3. The van der Waals surface area contributed by atoms with Gasteiger partial charge in [0, 0.05) is 30.4 Å². The molecule has 1 aromatic heterocycles. The molecular formula is C18H21N3O2. The number of nitrogens with one attached hydrogen (secondary N) is 2. The van der Waals surface area contributed by atoms with Crippen molar-refractivity contribution in [2.45, 2.75) is 18.9 Å². The lowest BCUT2D eigenvalue weighted by Gasteiger charge is -2.21. The van der Waals surface area contributed by atoms with Crippen molar-refractivity contribution in [1.82, 2.24) is 15.6 Å². The molecule has 3 N–H and O–H groups in total. The van der Waals surface area contributed by atoms with E-state index in [1.807, 2.05) is 37.3 Å². The summed E-state index contributed by atoms with van der Waals surface area (Å²) >= 11 is 0. The van der Waals surface area contributed by atoms with Crippen LogP contribution in [0.5, 0.6) is 0 Å². The van der Waals surface area contributed by atoms with E-state index in [-0.39, 0.29) is 12.5 Å². The summed E-state index contributed by atoms with van der Waals surface area (Å²) in [5.74, 6) is -0.181. The summed E-state index contributed by atoms with van der Waals surface area (Å²) in [4.78, 5) is 16.7. The van der Waals surface area contributed by atoms with Crippen molar-refractivity contribution >= 4 is 5.91 Å². The van der Waals surface area contributed by atoms with E-state index in [0.29, 0.717) is 18.5 Å². The summed E-state index contributed by atoms with van der Waals surface area (Å²) in [6.45, 7) is 3.56. The van der Waals surface area contributed by atoms with Crippen LogP contribution < -0.4 is 10.6 Å². The van der Waals surface area contributed by atoms with Gasteiger partial charge in [-0.2, -0.15) is 0 Å². The highest BCUT2D eigenvalue weighted by Gasteiger charge is 2.31. The van der Waals surface area contributed by atoms with Gasteiger partial charge in [0.15, 0.2) is 0 Å². The molecule has 0 spiro atoms. The lowest BCUT2D eigenvalue weighted by atomic mass is 10.0. The number of aryl methyl sites for hydroxylation is 1. The van der Waals surface area contributed by atoms with Crippen molar-refractivity contribution < 1.29 is 9.90 Å². The predicted molar refractivity (Wildman–Crippen MR) is 89.2 cm³/mol. The first-order chi connectivity index (χ1) is 11.1. The summed E-state index contributed by atoms with van der Waals surface area (Å²) in [6, 6.07) is 11.3. The number of hydrogen-bond acceptors (Lipinski definition) is 4. The van der Waals surface area contributed by atoms with Gasteiger partial charge in [0.2, 0.25) is 0 Å². The Morgan fingerprint density at radius 1 is 1.39 bits per heavy atom. The van der Waals surface area contributed by atoms with Crippen LogP contribution in [0.2, 0.25) is 0 Å². The maximum atomic E-state index is 12.3. The number of aromatic nitrogens is 1. The van der Waals surface area contributed by atoms with Crippen LogP contribution in [-0.2, 0) is 0 Å². The van der Waals surface area contributed by atoms with Gasteiger partial charge >= 0.3 is 0 Å². The number of aliphatic hydroxyl groups is 1. The minimum absolute atomic E-state index is 0.181. The molecule has 5 heteroatoms. The predicted octanol–water partition coefficient (Wildman–Crippen LogP) is 1.51. The lowest BCUT2D eigenvalue weighted by molar-refractivity contribution is 0.0562. The molecule has 0 bridgehead atoms. The Labute approximate surface area is 135 Å². The molecule has 0 radical (unpaired) electrons. The zero-order valence-electron chi connectivity index (χ0n) is 13.2. The van der Waals surface area contributed by atoms with E-state index in [1.54, 1.807) is 12.3 Å². The Hall–Kier alpha value is -2.24. The molecule has 0 aliphatic carbocycles. The van der Waals surface area contributed by atoms with Gasteiger partial charge in [-0.1, -0.05) is 12.1 Å². The fourth-order valence-corrected chi connectivity index (χ4v) is 2.74. The van der Waals surface area contributed by atoms with Gasteiger partial charge in [0.05, 0.1) is 11.3 Å². The molecule has 1 aromatic carbocycles. The average Bonchev–Trinajstić information content (AvgIpc) is 3.00. The van der Waals surface area contributed by atoms with Crippen molar-refractivity contribution in [1.29, 1.82) is 0 Å². The number of pyridine rings is 1. The van der Waals surface area contributed by atoms with Crippen LogP contribution in [0.25, 0.3) is 11.3 Å². The highest BCUT2D eigenvalue weighted by Crippen LogP contribution is 2.19. The Morgan fingerprint density at radius 3 is 3.00 bits per heavy atom. The molecular weight excluding hydrogens is 290 g/mol. The molecule has 1 fully saturated rings. The summed E-state index contributed by atoms with van der Waals surface area (Å²) in [7, 11) is 0. The van der Waals surface area contributed by atoms with Gasteiger partial charge < -0.3 is 15.7 Å². The number of rotatable bonds is 4. The first-order valence-corrected chi connectivity index (χ1v) is 7.80. The average molecular weight is 311 g/mol. The van der Waals surface area contributed by atoms with E-state index in [1.165, 1.54) is 0 Å². The maximum absolute atomic E-state index is 12.3. The summed E-state index contributed by atoms with van der Waals surface area (Å²) in [5.41, 5.74) is 2.60. The number of hydrogen-bond donors (Lipinski definition) is 3. The van der Waals surface area contributed by atoms with Gasteiger partial charge in [-0.25, -0.2) is 0 Å². The molecule has 5 nitrogen and oxygen atoms in total. The van der Waals surface area contributed by atoms with Gasteiger partial charge in [0.1, 0.15) is 0 Å². The van der Waals surface area contributed by atoms with Crippen molar-refractivity contribution in [3.63, 3.8) is 0 Å².